The van der Waals surface area contributed by atoms with E-state index >= 15 is 0 Å². The quantitative estimate of drug-likeness (QED) is 0.429. The van der Waals surface area contributed by atoms with Gasteiger partial charge in [-0.05, 0) is 43.4 Å². The molecule has 0 atom stereocenters. The monoisotopic (exact) mass is 528 g/mol. The van der Waals surface area contributed by atoms with Gasteiger partial charge in [0.1, 0.15) is 11.4 Å². The lowest BCUT2D eigenvalue weighted by Gasteiger charge is -2.35. The van der Waals surface area contributed by atoms with Crippen molar-refractivity contribution in [3.8, 4) is 11.1 Å². The molecule has 39 heavy (non-hydrogen) atoms. The van der Waals surface area contributed by atoms with Crippen molar-refractivity contribution >= 4 is 23.0 Å². The highest BCUT2D eigenvalue weighted by Crippen LogP contribution is 2.41. The third kappa shape index (κ3) is 4.45. The number of anilines is 3. The molecule has 202 valence electrons. The molecule has 3 N–H and O–H groups in total. The van der Waals surface area contributed by atoms with Gasteiger partial charge in [-0.2, -0.15) is 5.10 Å². The zero-order chi connectivity index (χ0) is 27.1. The van der Waals surface area contributed by atoms with Crippen molar-refractivity contribution in [3.63, 3.8) is 0 Å². The lowest BCUT2D eigenvalue weighted by Crippen LogP contribution is -2.37. The average molecular weight is 529 g/mol. The molecule has 0 unspecified atom stereocenters. The van der Waals surface area contributed by atoms with Gasteiger partial charge in [0.05, 0.1) is 19.8 Å². The number of Topliss-reactive ketones (excluding diaryl/α,β-unsaturated/α-hetero) is 1. The predicted molar refractivity (Wildman–Crippen MR) is 148 cm³/mol. The summed E-state index contributed by atoms with van der Waals surface area (Å²) in [6.45, 7) is 1.55. The maximum absolute atomic E-state index is 13.2. The van der Waals surface area contributed by atoms with Gasteiger partial charge in [0, 0.05) is 72.9 Å². The van der Waals surface area contributed by atoms with Crippen LogP contribution in [0.15, 0.2) is 70.7 Å². The molecule has 2 aromatic heterocycles. The number of pyridine rings is 1. The van der Waals surface area contributed by atoms with E-state index in [9.17, 15) is 14.7 Å². The van der Waals surface area contributed by atoms with Crippen molar-refractivity contribution in [2.75, 3.05) is 29.9 Å². The van der Waals surface area contributed by atoms with E-state index in [1.165, 1.54) is 10.3 Å². The highest BCUT2D eigenvalue weighted by Gasteiger charge is 2.38. The molecule has 10 heteroatoms. The summed E-state index contributed by atoms with van der Waals surface area (Å²) >= 11 is 0. The van der Waals surface area contributed by atoms with Gasteiger partial charge in [0.2, 0.25) is 5.78 Å². The number of carbonyl (C=O) groups is 1. The number of allylic oxidation sites excluding steroid dienone is 2. The normalized spacial score (nSPS) is 16.9. The molecule has 10 nitrogen and oxygen atoms in total. The SMILES string of the molecule is Cn1cc(-c2cccc(N3C=C4C(=O)C5=C(CCCC5)N4CC3)c2CO)cc(Nc2ccn(CCO)n2)c1=O. The Balaban J connectivity index is 1.35. The first-order valence-corrected chi connectivity index (χ1v) is 13.4. The molecule has 2 aliphatic heterocycles. The predicted octanol–water partition coefficient (Wildman–Crippen LogP) is 2.85. The molecule has 6 rings (SSSR count). The van der Waals surface area contributed by atoms with Gasteiger partial charge in [0.25, 0.3) is 5.56 Å². The first-order chi connectivity index (χ1) is 19.0. The molecule has 4 heterocycles. The van der Waals surface area contributed by atoms with Gasteiger partial charge in [-0.3, -0.25) is 14.3 Å². The molecule has 0 spiro atoms. The van der Waals surface area contributed by atoms with Crippen LogP contribution in [-0.2, 0) is 25.0 Å². The lowest BCUT2D eigenvalue weighted by molar-refractivity contribution is -0.112. The molecule has 1 aliphatic carbocycles. The van der Waals surface area contributed by atoms with Crippen molar-refractivity contribution in [1.82, 2.24) is 19.2 Å². The van der Waals surface area contributed by atoms with Gasteiger partial charge < -0.3 is 29.9 Å². The van der Waals surface area contributed by atoms with E-state index in [1.807, 2.05) is 24.4 Å². The molecule has 0 bridgehead atoms. The van der Waals surface area contributed by atoms with Crippen LogP contribution >= 0.6 is 0 Å². The number of rotatable bonds is 7. The Bertz CT molecular complexity index is 1570. The summed E-state index contributed by atoms with van der Waals surface area (Å²) in [5.74, 6) is 0.627. The Morgan fingerprint density at radius 2 is 1.92 bits per heavy atom. The Morgan fingerprint density at radius 1 is 1.08 bits per heavy atom. The Labute approximate surface area is 226 Å². The standard InChI is InChI=1S/C29H32N6O4/c1-32-16-19(15-23(29(32)39)30-27-9-10-34(31-27)13-14-36)20-6-4-8-24(22(20)18-37)33-11-12-35-25-7-3-2-5-21(25)28(38)26(35)17-33/h4,6,8-10,15-17,36-37H,2-3,5,7,11-14,18H2,1H3,(H,30,31). The van der Waals surface area contributed by atoms with E-state index in [4.69, 9.17) is 5.11 Å². The number of ketones is 1. The van der Waals surface area contributed by atoms with E-state index < -0.39 is 0 Å². The van der Waals surface area contributed by atoms with Gasteiger partial charge in [-0.15, -0.1) is 0 Å². The van der Waals surface area contributed by atoms with Crippen LogP contribution in [0.4, 0.5) is 17.2 Å². The highest BCUT2D eigenvalue weighted by atomic mass is 16.3. The van der Waals surface area contributed by atoms with Crippen LogP contribution in [0, 0.1) is 0 Å². The minimum absolute atomic E-state index is 0.0304. The number of fused-ring (bicyclic) bond motifs is 2. The summed E-state index contributed by atoms with van der Waals surface area (Å²) in [5, 5.41) is 27.1. The summed E-state index contributed by atoms with van der Waals surface area (Å²) in [4.78, 5) is 30.4. The van der Waals surface area contributed by atoms with Crippen molar-refractivity contribution in [2.45, 2.75) is 38.8 Å². The fourth-order valence-corrected chi connectivity index (χ4v) is 5.87. The molecule has 0 saturated heterocycles. The number of nitrogens with zero attached hydrogens (tertiary/aromatic N) is 5. The summed E-state index contributed by atoms with van der Waals surface area (Å²) in [6, 6.07) is 9.33. The highest BCUT2D eigenvalue weighted by molar-refractivity contribution is 6.11. The van der Waals surface area contributed by atoms with Crippen LogP contribution in [0.25, 0.3) is 11.1 Å². The van der Waals surface area contributed by atoms with Crippen molar-refractivity contribution in [3.05, 3.63) is 81.8 Å². The van der Waals surface area contributed by atoms with E-state index in [2.05, 4.69) is 20.2 Å². The maximum atomic E-state index is 13.2. The molecule has 3 aliphatic rings. The summed E-state index contributed by atoms with van der Waals surface area (Å²) < 4.78 is 3.10. The molecule has 0 radical (unpaired) electrons. The number of aromatic nitrogens is 3. The second kappa shape index (κ2) is 10.2. The van der Waals surface area contributed by atoms with Gasteiger partial charge in [-0.25, -0.2) is 0 Å². The fraction of sp³-hybridized carbons (Fsp3) is 0.345. The van der Waals surface area contributed by atoms with E-state index in [0.717, 1.165) is 65.9 Å². The largest absolute Gasteiger partial charge is 0.394 e. The molecule has 0 saturated carbocycles. The van der Waals surface area contributed by atoms with Gasteiger partial charge in [-0.1, -0.05) is 12.1 Å². The lowest BCUT2D eigenvalue weighted by atomic mass is 9.96. The topological polar surface area (TPSA) is 116 Å². The molecule has 0 fully saturated rings. The van der Waals surface area contributed by atoms with Crippen LogP contribution in [-0.4, -0.2) is 54.9 Å². The second-order valence-corrected chi connectivity index (χ2v) is 10.2. The maximum Gasteiger partial charge on any atom is 0.274 e. The number of aliphatic hydroxyl groups is 2. The molecular formula is C29H32N6O4. The first-order valence-electron chi connectivity index (χ1n) is 13.4. The van der Waals surface area contributed by atoms with Crippen LogP contribution < -0.4 is 15.8 Å². The number of aliphatic hydroxyl groups excluding tert-OH is 2. The van der Waals surface area contributed by atoms with Crippen LogP contribution in [0.1, 0.15) is 31.2 Å². The smallest absolute Gasteiger partial charge is 0.274 e. The third-order valence-corrected chi connectivity index (χ3v) is 7.75. The summed E-state index contributed by atoms with van der Waals surface area (Å²) in [6.07, 6.45) is 9.41. The van der Waals surface area contributed by atoms with E-state index in [-0.39, 0.29) is 24.6 Å². The summed E-state index contributed by atoms with van der Waals surface area (Å²) in [7, 11) is 1.69. The Kier molecular flexibility index (Phi) is 6.58. The van der Waals surface area contributed by atoms with Crippen LogP contribution in [0.5, 0.6) is 0 Å². The number of hydrogen-bond acceptors (Lipinski definition) is 8. The number of carbonyl (C=O) groups excluding carboxylic acids is 1. The van der Waals surface area contributed by atoms with Gasteiger partial charge in [0.15, 0.2) is 5.82 Å². The molecule has 1 aromatic carbocycles. The van der Waals surface area contributed by atoms with Gasteiger partial charge >= 0.3 is 0 Å². The minimum atomic E-state index is -0.214. The Hall–Kier alpha value is -4.15. The number of aryl methyl sites for hydroxylation is 1. The van der Waals surface area contributed by atoms with E-state index in [0.29, 0.717) is 24.6 Å². The zero-order valence-electron chi connectivity index (χ0n) is 21.9. The number of nitrogens with one attached hydrogen (secondary N) is 1. The fourth-order valence-electron chi connectivity index (χ4n) is 5.87. The zero-order valence-corrected chi connectivity index (χ0v) is 21.9. The van der Waals surface area contributed by atoms with Crippen molar-refractivity contribution in [1.29, 1.82) is 0 Å². The van der Waals surface area contributed by atoms with Crippen molar-refractivity contribution in [2.24, 2.45) is 7.05 Å². The van der Waals surface area contributed by atoms with Crippen LogP contribution in [0.2, 0.25) is 0 Å². The number of benzene rings is 1. The summed E-state index contributed by atoms with van der Waals surface area (Å²) in [5.41, 5.74) is 6.15. The third-order valence-electron chi connectivity index (χ3n) is 7.75. The molecule has 0 amide bonds. The second-order valence-electron chi connectivity index (χ2n) is 10.2. The molecule has 3 aromatic rings. The number of hydrogen-bond donors (Lipinski definition) is 3. The van der Waals surface area contributed by atoms with E-state index in [1.54, 1.807) is 36.3 Å². The minimum Gasteiger partial charge on any atom is -0.394 e. The first kappa shape index (κ1) is 25.1. The van der Waals surface area contributed by atoms with Crippen LogP contribution in [0.3, 0.4) is 0 Å². The average Bonchev–Trinajstić information content (AvgIpc) is 3.52. The van der Waals surface area contributed by atoms with Crippen molar-refractivity contribution < 1.29 is 15.0 Å². The Morgan fingerprint density at radius 3 is 2.74 bits per heavy atom. The molecular weight excluding hydrogens is 496 g/mol.